The maximum Gasteiger partial charge on any atom is 0.338 e. The molecule has 1 aromatic heterocycles. The second kappa shape index (κ2) is 11.9. The minimum atomic E-state index is -0.838. The van der Waals surface area contributed by atoms with Gasteiger partial charge >= 0.3 is 11.9 Å². The van der Waals surface area contributed by atoms with Gasteiger partial charge in [0.15, 0.2) is 10.8 Å². The van der Waals surface area contributed by atoms with Gasteiger partial charge in [-0.3, -0.25) is 9.79 Å². The molecule has 2 heterocycles. The number of allylic oxidation sites excluding steroid dienone is 1. The maximum atomic E-state index is 13.7. The van der Waals surface area contributed by atoms with Gasteiger partial charge in [-0.2, -0.15) is 0 Å². The van der Waals surface area contributed by atoms with Crippen LogP contribution in [0.15, 0.2) is 39.8 Å². The zero-order chi connectivity index (χ0) is 24.8. The van der Waals surface area contributed by atoms with E-state index in [9.17, 15) is 14.0 Å². The number of rotatable bonds is 9. The number of thiazole rings is 1. The van der Waals surface area contributed by atoms with Crippen LogP contribution >= 0.6 is 38.9 Å². The number of hydrogen-bond acceptors (Lipinski definition) is 8. The van der Waals surface area contributed by atoms with E-state index in [1.54, 1.807) is 19.2 Å². The Labute approximate surface area is 214 Å². The summed E-state index contributed by atoms with van der Waals surface area (Å²) in [7, 11) is 0. The van der Waals surface area contributed by atoms with Crippen molar-refractivity contribution in [1.82, 2.24) is 10.3 Å². The van der Waals surface area contributed by atoms with Gasteiger partial charge < -0.3 is 14.8 Å². The first kappa shape index (κ1) is 26.3. The number of alkyl halides is 1. The number of amidine groups is 1. The third kappa shape index (κ3) is 5.67. The lowest BCUT2D eigenvalue weighted by Crippen LogP contribution is -2.34. The average molecular weight is 573 g/mol. The van der Waals surface area contributed by atoms with E-state index in [4.69, 9.17) is 26.1 Å². The topological polar surface area (TPSA) is 89.9 Å². The third-order valence-electron chi connectivity index (χ3n) is 5.07. The molecule has 1 aliphatic rings. The first-order chi connectivity index (χ1) is 16.3. The average Bonchev–Trinajstić information content (AvgIpc) is 3.29. The number of hydrogen-bond donors (Lipinski definition) is 1. The molecule has 0 saturated carbocycles. The molecule has 3 rings (SSSR count). The molecule has 2 aromatic rings. The Morgan fingerprint density at radius 2 is 2.00 bits per heavy atom. The summed E-state index contributed by atoms with van der Waals surface area (Å²) >= 11 is 11.1. The molecule has 0 fully saturated rings. The number of aliphatic imine (C=N–C) groups is 1. The van der Waals surface area contributed by atoms with Gasteiger partial charge in [-0.25, -0.2) is 14.2 Å². The molecule has 7 nitrogen and oxygen atoms in total. The Balaban J connectivity index is 2.07. The van der Waals surface area contributed by atoms with E-state index < -0.39 is 23.7 Å². The molecule has 1 aromatic carbocycles. The fraction of sp³-hybridized carbons (Fsp3) is 0.391. The zero-order valence-electron chi connectivity index (χ0n) is 18.9. The van der Waals surface area contributed by atoms with Gasteiger partial charge in [0.05, 0.1) is 30.4 Å². The van der Waals surface area contributed by atoms with Crippen molar-refractivity contribution in [2.75, 3.05) is 18.5 Å². The SMILES string of the molecule is CCOC(=O)C1=C(CBr)NC(c2nc(C(CC)C(=O)OCC)cs2)=NC1c1ccc(F)cc1Cl. The Hall–Kier alpha value is -2.30. The molecule has 34 heavy (non-hydrogen) atoms. The van der Waals surface area contributed by atoms with E-state index >= 15 is 0 Å². The highest BCUT2D eigenvalue weighted by molar-refractivity contribution is 9.09. The van der Waals surface area contributed by atoms with Crippen LogP contribution in [0.2, 0.25) is 5.02 Å². The summed E-state index contributed by atoms with van der Waals surface area (Å²) in [4.78, 5) is 34.5. The number of benzene rings is 1. The van der Waals surface area contributed by atoms with Gasteiger partial charge in [-0.15, -0.1) is 11.3 Å². The molecule has 1 aliphatic heterocycles. The second-order valence-electron chi connectivity index (χ2n) is 7.21. The molecule has 0 radical (unpaired) electrons. The Kier molecular flexibility index (Phi) is 9.21. The predicted octanol–water partition coefficient (Wildman–Crippen LogP) is 5.30. The zero-order valence-corrected chi connectivity index (χ0v) is 22.0. The van der Waals surface area contributed by atoms with Crippen LogP contribution < -0.4 is 5.32 Å². The molecule has 0 bridgehead atoms. The molecule has 182 valence electrons. The van der Waals surface area contributed by atoms with Crippen molar-refractivity contribution >= 4 is 56.6 Å². The van der Waals surface area contributed by atoms with Crippen LogP contribution in [0.1, 0.15) is 55.4 Å². The van der Waals surface area contributed by atoms with Crippen molar-refractivity contribution in [3.63, 3.8) is 0 Å². The van der Waals surface area contributed by atoms with Crippen LogP contribution in [0.3, 0.4) is 0 Å². The van der Waals surface area contributed by atoms with Crippen LogP contribution in [0, 0.1) is 5.82 Å². The van der Waals surface area contributed by atoms with Crippen LogP contribution in [0.25, 0.3) is 0 Å². The van der Waals surface area contributed by atoms with Crippen molar-refractivity contribution in [2.24, 2.45) is 4.99 Å². The van der Waals surface area contributed by atoms with Gasteiger partial charge in [0.2, 0.25) is 0 Å². The van der Waals surface area contributed by atoms with Crippen LogP contribution in [0.4, 0.5) is 4.39 Å². The highest BCUT2D eigenvalue weighted by Gasteiger charge is 2.34. The molecule has 2 atom stereocenters. The first-order valence-electron chi connectivity index (χ1n) is 10.7. The predicted molar refractivity (Wildman–Crippen MR) is 133 cm³/mol. The number of ether oxygens (including phenoxy) is 2. The number of esters is 2. The maximum absolute atomic E-state index is 13.7. The summed E-state index contributed by atoms with van der Waals surface area (Å²) in [5, 5.41) is 5.92. The minimum Gasteiger partial charge on any atom is -0.465 e. The van der Waals surface area contributed by atoms with Crippen LogP contribution in [0.5, 0.6) is 0 Å². The quantitative estimate of drug-likeness (QED) is 0.324. The van der Waals surface area contributed by atoms with Crippen LogP contribution in [-0.4, -0.2) is 41.3 Å². The number of aromatic nitrogens is 1. The molecule has 11 heteroatoms. The molecular formula is C23H24BrClFN3O4S. The van der Waals surface area contributed by atoms with Crippen molar-refractivity contribution in [1.29, 1.82) is 0 Å². The summed E-state index contributed by atoms with van der Waals surface area (Å²) in [5.41, 5.74) is 1.84. The van der Waals surface area contributed by atoms with Crippen LogP contribution in [-0.2, 0) is 19.1 Å². The van der Waals surface area contributed by atoms with E-state index in [0.717, 1.165) is 0 Å². The smallest absolute Gasteiger partial charge is 0.338 e. The standard InChI is InChI=1S/C23H24BrClFN3O4S/c1-4-13(22(30)32-5-2)17-11-34-21(28-17)20-27-16(10-24)18(23(31)33-6-3)19(29-20)14-8-7-12(26)9-15(14)25/h7-9,11,13,19H,4-6,10H2,1-3H3,(H,27,29). The largest absolute Gasteiger partial charge is 0.465 e. The lowest BCUT2D eigenvalue weighted by Gasteiger charge is -2.26. The van der Waals surface area contributed by atoms with Gasteiger partial charge in [0.25, 0.3) is 0 Å². The van der Waals surface area contributed by atoms with Gasteiger partial charge in [0, 0.05) is 27.0 Å². The Morgan fingerprint density at radius 3 is 2.62 bits per heavy atom. The van der Waals surface area contributed by atoms with E-state index in [-0.39, 0.29) is 29.8 Å². The highest BCUT2D eigenvalue weighted by Crippen LogP contribution is 2.37. The fourth-order valence-corrected chi connectivity index (χ4v) is 5.04. The van der Waals surface area contributed by atoms with Crippen molar-refractivity contribution < 1.29 is 23.5 Å². The third-order valence-corrected chi connectivity index (χ3v) is 6.83. The van der Waals surface area contributed by atoms with Gasteiger partial charge in [-0.1, -0.05) is 40.5 Å². The van der Waals surface area contributed by atoms with Crippen molar-refractivity contribution in [3.05, 3.63) is 62.0 Å². The summed E-state index contributed by atoms with van der Waals surface area (Å²) in [5.74, 6) is -1.46. The normalized spacial score (nSPS) is 16.5. The summed E-state index contributed by atoms with van der Waals surface area (Å²) < 4.78 is 24.1. The highest BCUT2D eigenvalue weighted by atomic mass is 79.9. The summed E-state index contributed by atoms with van der Waals surface area (Å²) in [6, 6.07) is 3.11. The van der Waals surface area contributed by atoms with E-state index in [1.807, 2.05) is 6.92 Å². The summed E-state index contributed by atoms with van der Waals surface area (Å²) in [6.07, 6.45) is 0.537. The Bertz CT molecular complexity index is 1140. The molecule has 0 aliphatic carbocycles. The number of halogens is 3. The first-order valence-corrected chi connectivity index (χ1v) is 13.1. The minimum absolute atomic E-state index is 0.138. The molecule has 2 unspecified atom stereocenters. The monoisotopic (exact) mass is 571 g/mol. The van der Waals surface area contributed by atoms with Crippen molar-refractivity contribution in [2.45, 2.75) is 39.2 Å². The van der Waals surface area contributed by atoms with E-state index in [0.29, 0.717) is 39.5 Å². The lowest BCUT2D eigenvalue weighted by atomic mass is 9.96. The van der Waals surface area contributed by atoms with Gasteiger partial charge in [-0.05, 0) is 32.4 Å². The molecular weight excluding hydrogens is 549 g/mol. The molecule has 0 amide bonds. The van der Waals surface area contributed by atoms with E-state index in [1.165, 1.54) is 29.5 Å². The summed E-state index contributed by atoms with van der Waals surface area (Å²) in [6.45, 7) is 5.83. The molecule has 1 N–H and O–H groups in total. The fourth-order valence-electron chi connectivity index (χ4n) is 3.50. The second-order valence-corrected chi connectivity index (χ2v) is 9.03. The Morgan fingerprint density at radius 1 is 1.26 bits per heavy atom. The van der Waals surface area contributed by atoms with E-state index in [2.05, 4.69) is 26.2 Å². The lowest BCUT2D eigenvalue weighted by molar-refractivity contribution is -0.145. The number of carbonyl (C=O) groups excluding carboxylic acids is 2. The van der Waals surface area contributed by atoms with Crippen molar-refractivity contribution in [3.8, 4) is 0 Å². The number of nitrogens with zero attached hydrogens (tertiary/aromatic N) is 2. The number of nitrogens with one attached hydrogen (secondary N) is 1. The number of carbonyl (C=O) groups is 2. The van der Waals surface area contributed by atoms with Gasteiger partial charge in [0.1, 0.15) is 11.9 Å². The molecule has 0 saturated heterocycles. The molecule has 0 spiro atoms.